The molecule has 75 heavy (non-hydrogen) atoms. The molecule has 0 aromatic heterocycles. The maximum absolute atomic E-state index is 13.5. The number of carboxylic acids is 3. The van der Waals surface area contributed by atoms with E-state index in [0.717, 1.165) is 12.1 Å². The van der Waals surface area contributed by atoms with Gasteiger partial charge < -0.3 is 45.5 Å². The summed E-state index contributed by atoms with van der Waals surface area (Å²) in [6.07, 6.45) is -3.88. The molecule has 0 saturated carbocycles. The van der Waals surface area contributed by atoms with Gasteiger partial charge in [-0.15, -0.1) is 0 Å². The van der Waals surface area contributed by atoms with Gasteiger partial charge >= 0.3 is 24.1 Å². The first-order chi connectivity index (χ1) is 35.4. The molecule has 6 rings (SSSR count). The number of hydrogen-bond donors (Lipinski definition) is 6. The predicted molar refractivity (Wildman–Crippen MR) is 272 cm³/mol. The highest BCUT2D eigenvalue weighted by Crippen LogP contribution is 2.35. The molecular weight excluding hydrogens is 1100 g/mol. The Morgan fingerprint density at radius 3 is 1.16 bits per heavy atom. The number of alkyl halides is 3. The normalized spacial score (nSPS) is 10.6. The third kappa shape index (κ3) is 18.6. The summed E-state index contributed by atoms with van der Waals surface area (Å²) in [7, 11) is 0. The van der Waals surface area contributed by atoms with Crippen LogP contribution in [0.5, 0.6) is 17.2 Å². The van der Waals surface area contributed by atoms with Crippen LogP contribution >= 0.6 is 39.1 Å². The fraction of sp³-hybridized carbons (Fsp3) is 0.192. The molecule has 0 fully saturated rings. The van der Waals surface area contributed by atoms with Crippen LogP contribution in [-0.2, 0) is 40.4 Å². The second-order valence-electron chi connectivity index (χ2n) is 15.4. The molecule has 23 heteroatoms. The quantitative estimate of drug-likeness (QED) is 0.0442. The van der Waals surface area contributed by atoms with Crippen molar-refractivity contribution in [2.45, 2.75) is 66.0 Å². The topological polar surface area (TPSA) is 227 Å². The zero-order chi connectivity index (χ0) is 55.6. The van der Waals surface area contributed by atoms with Gasteiger partial charge in [-0.25, -0.2) is 23.2 Å². The van der Waals surface area contributed by atoms with Crippen molar-refractivity contribution in [1.29, 1.82) is 0 Å². The Morgan fingerprint density at radius 1 is 0.493 bits per heavy atom. The number of ether oxygens (including phenoxy) is 3. The summed E-state index contributed by atoms with van der Waals surface area (Å²) in [6, 6.07) is 24.7. The maximum atomic E-state index is 13.5. The zero-order valence-corrected chi connectivity index (χ0v) is 42.8. The van der Waals surface area contributed by atoms with Gasteiger partial charge in [-0.2, -0.15) is 13.2 Å². The van der Waals surface area contributed by atoms with Gasteiger partial charge in [0.25, 0.3) is 0 Å². The van der Waals surface area contributed by atoms with Gasteiger partial charge in [0.1, 0.15) is 48.7 Å². The van der Waals surface area contributed by atoms with Crippen LogP contribution in [-0.4, -0.2) is 50.9 Å². The monoisotopic (exact) mass is 1150 g/mol. The molecule has 0 atom stereocenters. The average Bonchev–Trinajstić information content (AvgIpc) is 3.36. The van der Waals surface area contributed by atoms with Crippen molar-refractivity contribution in [3.8, 4) is 17.2 Å². The van der Waals surface area contributed by atoms with Gasteiger partial charge in [0.2, 0.25) is 17.7 Å². The minimum Gasteiger partial charge on any atom is -0.489 e. The summed E-state index contributed by atoms with van der Waals surface area (Å²) in [5.74, 6) is -4.66. The van der Waals surface area contributed by atoms with Gasteiger partial charge in [-0.3, -0.25) is 14.4 Å². The molecule has 0 aliphatic carbocycles. The lowest BCUT2D eigenvalue weighted by atomic mass is 10.1. The van der Waals surface area contributed by atoms with Crippen LogP contribution in [0.15, 0.2) is 114 Å². The standard InChI is InChI=1S/C18H15ClF3NO4.C17H15BrFNO4.C17H15ClFNO4/c1-2-16(24)23-15-6-4-11(8-12(15)17(25)26)27-9-10-3-5-13(14(19)7-10)18(20,21)22;1-2-16(21)20-15-6-4-11(8-12(15)17(22)23)24-9-10-3-5-13(18)14(19)7-10;1-2-16(21)20-15-6-4-11(8-12(15)17(22)23)24-9-10-3-5-14(19)13(18)7-10/h3-8H,2,9H2,1H3,(H,23,24)(H,25,26);2*3-8H,2,9H2,1H3,(H,20,21)(H,22,23). The molecule has 3 amide bonds. The Bertz CT molecular complexity index is 2940. The maximum Gasteiger partial charge on any atom is 0.417 e. The minimum atomic E-state index is -4.55. The largest absolute Gasteiger partial charge is 0.489 e. The second kappa shape index (κ2) is 28.1. The molecule has 6 aromatic rings. The number of aromatic carboxylic acids is 3. The highest BCUT2D eigenvalue weighted by molar-refractivity contribution is 9.10. The molecule has 0 spiro atoms. The van der Waals surface area contributed by atoms with Crippen molar-refractivity contribution in [2.24, 2.45) is 0 Å². The van der Waals surface area contributed by atoms with E-state index in [-0.39, 0.29) is 101 Å². The molecule has 6 aromatic carbocycles. The van der Waals surface area contributed by atoms with Crippen molar-refractivity contribution >= 4 is 91.8 Å². The van der Waals surface area contributed by atoms with Gasteiger partial charge in [-0.1, -0.05) is 62.2 Å². The molecular formula is C52H45BrCl2F5N3O12. The molecule has 15 nitrogen and oxygen atoms in total. The molecule has 0 bridgehead atoms. The molecule has 0 aliphatic heterocycles. The van der Waals surface area contributed by atoms with Crippen LogP contribution in [0.2, 0.25) is 10.0 Å². The molecule has 6 N–H and O–H groups in total. The number of carbonyl (C=O) groups is 6. The number of anilines is 3. The SMILES string of the molecule is CCC(=O)Nc1ccc(OCc2ccc(Br)c(F)c2)cc1C(=O)O.CCC(=O)Nc1ccc(OCc2ccc(C(F)(F)F)c(Cl)c2)cc1C(=O)O.CCC(=O)Nc1ccc(OCc2ccc(F)c(Cl)c2)cc1C(=O)O. The second-order valence-corrected chi connectivity index (χ2v) is 17.1. The zero-order valence-electron chi connectivity index (χ0n) is 39.7. The first-order valence-electron chi connectivity index (χ1n) is 22.1. The number of hydrogen-bond acceptors (Lipinski definition) is 9. The lowest BCUT2D eigenvalue weighted by Gasteiger charge is -2.13. The van der Waals surface area contributed by atoms with Crippen molar-refractivity contribution < 1.29 is 80.2 Å². The van der Waals surface area contributed by atoms with Gasteiger partial charge in [0.15, 0.2) is 0 Å². The fourth-order valence-corrected chi connectivity index (χ4v) is 6.81. The van der Waals surface area contributed by atoms with E-state index in [1.165, 1.54) is 72.8 Å². The van der Waals surface area contributed by atoms with E-state index in [4.69, 9.17) is 37.4 Å². The first-order valence-corrected chi connectivity index (χ1v) is 23.6. The number of carbonyl (C=O) groups excluding carboxylic acids is 3. The summed E-state index contributed by atoms with van der Waals surface area (Å²) in [6.45, 7) is 5.04. The van der Waals surface area contributed by atoms with Crippen LogP contribution in [0.25, 0.3) is 0 Å². The Kier molecular flexibility index (Phi) is 22.4. The Morgan fingerprint density at radius 2 is 0.840 bits per heavy atom. The highest BCUT2D eigenvalue weighted by atomic mass is 79.9. The number of rotatable bonds is 18. The average molecular weight is 1150 g/mol. The summed E-state index contributed by atoms with van der Waals surface area (Å²) < 4.78 is 81.5. The Labute approximate surface area is 443 Å². The fourth-order valence-electron chi connectivity index (χ4n) is 6.05. The first kappa shape index (κ1) is 59.8. The van der Waals surface area contributed by atoms with Gasteiger partial charge in [-0.05, 0) is 124 Å². The molecule has 0 saturated heterocycles. The lowest BCUT2D eigenvalue weighted by Crippen LogP contribution is -2.13. The van der Waals surface area contributed by atoms with Crippen molar-refractivity contribution in [1.82, 2.24) is 0 Å². The van der Waals surface area contributed by atoms with E-state index in [9.17, 15) is 66.0 Å². The van der Waals surface area contributed by atoms with Crippen LogP contribution in [0.4, 0.5) is 39.0 Å². The molecule has 396 valence electrons. The van der Waals surface area contributed by atoms with Gasteiger partial charge in [0, 0.05) is 19.3 Å². The van der Waals surface area contributed by atoms with Crippen LogP contribution in [0.1, 0.15) is 93.4 Å². The summed E-state index contributed by atoms with van der Waals surface area (Å²) >= 11 is 14.4. The molecule has 0 unspecified atom stereocenters. The van der Waals surface area contributed by atoms with E-state index < -0.39 is 46.3 Å². The van der Waals surface area contributed by atoms with Crippen molar-refractivity contribution in [3.63, 3.8) is 0 Å². The van der Waals surface area contributed by atoms with Crippen molar-refractivity contribution in [2.75, 3.05) is 16.0 Å². The number of nitrogens with one attached hydrogen (secondary N) is 3. The highest BCUT2D eigenvalue weighted by Gasteiger charge is 2.33. The third-order valence-electron chi connectivity index (χ3n) is 9.97. The van der Waals surface area contributed by atoms with E-state index in [1.54, 1.807) is 45.0 Å². The number of carboxylic acid groups (broad SMARTS) is 3. The van der Waals surface area contributed by atoms with Crippen LogP contribution in [0, 0.1) is 11.6 Å². The number of amides is 3. The summed E-state index contributed by atoms with van der Waals surface area (Å²) in [5.41, 5.74) is 0.896. The van der Waals surface area contributed by atoms with Crippen LogP contribution in [0.3, 0.4) is 0 Å². The number of benzene rings is 6. The van der Waals surface area contributed by atoms with Crippen molar-refractivity contribution in [3.05, 3.63) is 174 Å². The third-order valence-corrected chi connectivity index (χ3v) is 11.2. The van der Waals surface area contributed by atoms with E-state index in [0.29, 0.717) is 32.7 Å². The number of halogens is 8. The lowest BCUT2D eigenvalue weighted by molar-refractivity contribution is -0.137. The molecule has 0 aliphatic rings. The smallest absolute Gasteiger partial charge is 0.417 e. The summed E-state index contributed by atoms with van der Waals surface area (Å²) in [4.78, 5) is 68.4. The Hall–Kier alpha value is -7.75. The van der Waals surface area contributed by atoms with E-state index in [1.807, 2.05) is 0 Å². The van der Waals surface area contributed by atoms with Gasteiger partial charge in [0.05, 0.1) is 53.8 Å². The van der Waals surface area contributed by atoms with E-state index in [2.05, 4.69) is 31.9 Å². The molecule has 0 radical (unpaired) electrons. The van der Waals surface area contributed by atoms with Crippen LogP contribution < -0.4 is 30.2 Å². The summed E-state index contributed by atoms with van der Waals surface area (Å²) in [5, 5.41) is 34.9. The molecule has 0 heterocycles. The van der Waals surface area contributed by atoms with E-state index >= 15 is 0 Å². The predicted octanol–water partition coefficient (Wildman–Crippen LogP) is 13.3. The Balaban J connectivity index is 0.000000244. The minimum absolute atomic E-state index is 0.0139.